The molecule has 7 nitrogen and oxygen atoms in total. The van der Waals surface area contributed by atoms with E-state index in [1.807, 2.05) is 32.0 Å². The van der Waals surface area contributed by atoms with Gasteiger partial charge in [-0.15, -0.1) is 0 Å². The fourth-order valence-electron chi connectivity index (χ4n) is 3.51. The van der Waals surface area contributed by atoms with Crippen LogP contribution in [0.3, 0.4) is 0 Å². The molecule has 0 bridgehead atoms. The summed E-state index contributed by atoms with van der Waals surface area (Å²) < 4.78 is 8.86. The topological polar surface area (TPSA) is 78.2 Å². The number of benzene rings is 1. The van der Waals surface area contributed by atoms with Gasteiger partial charge < -0.3 is 14.6 Å². The number of nitrogens with one attached hydrogen (secondary N) is 1. The standard InChI is InChI=1S/C19H22N4O3S/c1-11(2)20-15(24)10-23-14-6-5-12(26-3)9-13(14)16-17(23)18(25)22-7-4-8-27-19(22)21-16/h5-6,9,11H,4,7-8,10H2,1-3H3,(H,20,24). The molecule has 4 rings (SSSR count). The summed E-state index contributed by atoms with van der Waals surface area (Å²) in [6.07, 6.45) is 0.937. The number of carbonyl (C=O) groups excluding carboxylic acids is 1. The molecule has 0 aliphatic carbocycles. The van der Waals surface area contributed by atoms with Crippen molar-refractivity contribution >= 4 is 39.6 Å². The lowest BCUT2D eigenvalue weighted by Gasteiger charge is -2.17. The van der Waals surface area contributed by atoms with E-state index < -0.39 is 0 Å². The monoisotopic (exact) mass is 386 g/mol. The number of hydrogen-bond acceptors (Lipinski definition) is 5. The van der Waals surface area contributed by atoms with Crippen LogP contribution in [0.1, 0.15) is 20.3 Å². The molecular formula is C19H22N4O3S. The molecule has 142 valence electrons. The molecule has 27 heavy (non-hydrogen) atoms. The minimum absolute atomic E-state index is 0.0362. The predicted molar refractivity (Wildman–Crippen MR) is 107 cm³/mol. The highest BCUT2D eigenvalue weighted by Crippen LogP contribution is 2.31. The first-order chi connectivity index (χ1) is 13.0. The van der Waals surface area contributed by atoms with Gasteiger partial charge in [0.2, 0.25) is 5.91 Å². The summed E-state index contributed by atoms with van der Waals surface area (Å²) in [5.74, 6) is 1.52. The molecular weight excluding hydrogens is 364 g/mol. The molecule has 8 heteroatoms. The van der Waals surface area contributed by atoms with Gasteiger partial charge in [0.15, 0.2) is 5.16 Å². The van der Waals surface area contributed by atoms with Crippen molar-refractivity contribution in [3.8, 4) is 5.75 Å². The highest BCUT2D eigenvalue weighted by Gasteiger charge is 2.23. The van der Waals surface area contributed by atoms with E-state index in [0.717, 1.165) is 28.2 Å². The molecule has 0 fully saturated rings. The molecule has 3 aromatic rings. The summed E-state index contributed by atoms with van der Waals surface area (Å²) in [5, 5.41) is 4.47. The summed E-state index contributed by atoms with van der Waals surface area (Å²) in [6, 6.07) is 5.64. The van der Waals surface area contributed by atoms with Crippen molar-refractivity contribution in [3.05, 3.63) is 28.6 Å². The zero-order valence-electron chi connectivity index (χ0n) is 15.6. The van der Waals surface area contributed by atoms with Gasteiger partial charge in [0.1, 0.15) is 23.3 Å². The molecule has 0 unspecified atom stereocenters. The fraction of sp³-hybridized carbons (Fsp3) is 0.421. The van der Waals surface area contributed by atoms with Crippen molar-refractivity contribution < 1.29 is 9.53 Å². The molecule has 0 spiro atoms. The van der Waals surface area contributed by atoms with Crippen molar-refractivity contribution in [2.75, 3.05) is 12.9 Å². The Hall–Kier alpha value is -2.48. The smallest absolute Gasteiger partial charge is 0.278 e. The van der Waals surface area contributed by atoms with Gasteiger partial charge in [-0.3, -0.25) is 14.2 Å². The van der Waals surface area contributed by atoms with Crippen LogP contribution in [-0.2, 0) is 17.9 Å². The molecule has 0 atom stereocenters. The summed E-state index contributed by atoms with van der Waals surface area (Å²) in [5.41, 5.74) is 1.83. The summed E-state index contributed by atoms with van der Waals surface area (Å²) in [7, 11) is 1.61. The van der Waals surface area contributed by atoms with Crippen LogP contribution >= 0.6 is 11.8 Å². The Labute approximate surface area is 160 Å². The number of carbonyl (C=O) groups is 1. The van der Waals surface area contributed by atoms with E-state index in [1.165, 1.54) is 0 Å². The molecule has 3 heterocycles. The summed E-state index contributed by atoms with van der Waals surface area (Å²) >= 11 is 1.60. The lowest BCUT2D eigenvalue weighted by atomic mass is 10.2. The van der Waals surface area contributed by atoms with Gasteiger partial charge in [0.25, 0.3) is 5.56 Å². The Bertz CT molecular complexity index is 1100. The maximum absolute atomic E-state index is 13.2. The molecule has 1 aliphatic heterocycles. The van der Waals surface area contributed by atoms with Crippen LogP contribution in [0.15, 0.2) is 28.2 Å². The second-order valence-corrected chi connectivity index (χ2v) is 8.00. The van der Waals surface area contributed by atoms with E-state index in [9.17, 15) is 9.59 Å². The molecule has 2 aromatic heterocycles. The zero-order chi connectivity index (χ0) is 19.1. The normalized spacial score (nSPS) is 13.9. The Morgan fingerprint density at radius 3 is 2.96 bits per heavy atom. The van der Waals surface area contributed by atoms with E-state index >= 15 is 0 Å². The Morgan fingerprint density at radius 1 is 1.41 bits per heavy atom. The van der Waals surface area contributed by atoms with Crippen molar-refractivity contribution in [3.63, 3.8) is 0 Å². The molecule has 1 aliphatic rings. The highest BCUT2D eigenvalue weighted by molar-refractivity contribution is 7.99. The minimum Gasteiger partial charge on any atom is -0.497 e. The van der Waals surface area contributed by atoms with Crippen LogP contribution in [0.2, 0.25) is 0 Å². The van der Waals surface area contributed by atoms with Crippen LogP contribution in [0.5, 0.6) is 5.75 Å². The molecule has 0 saturated carbocycles. The number of amides is 1. The third-order valence-corrected chi connectivity index (χ3v) is 5.70. The van der Waals surface area contributed by atoms with E-state index in [2.05, 4.69) is 5.32 Å². The maximum atomic E-state index is 13.2. The molecule has 1 aromatic carbocycles. The van der Waals surface area contributed by atoms with E-state index in [1.54, 1.807) is 28.0 Å². The van der Waals surface area contributed by atoms with Gasteiger partial charge in [0.05, 0.1) is 12.6 Å². The number of methoxy groups -OCH3 is 1. The lowest BCUT2D eigenvalue weighted by molar-refractivity contribution is -0.122. The van der Waals surface area contributed by atoms with Crippen LogP contribution in [-0.4, -0.2) is 38.9 Å². The maximum Gasteiger partial charge on any atom is 0.278 e. The Kier molecular flexibility index (Phi) is 4.59. The minimum atomic E-state index is -0.129. The largest absolute Gasteiger partial charge is 0.497 e. The van der Waals surface area contributed by atoms with Crippen molar-refractivity contribution in [2.45, 2.75) is 44.6 Å². The number of thioether (sulfide) groups is 1. The van der Waals surface area contributed by atoms with Gasteiger partial charge in [-0.25, -0.2) is 4.98 Å². The van der Waals surface area contributed by atoms with Crippen LogP contribution in [0.25, 0.3) is 21.9 Å². The van der Waals surface area contributed by atoms with Crippen molar-refractivity contribution in [1.29, 1.82) is 0 Å². The summed E-state index contributed by atoms with van der Waals surface area (Å²) in [4.78, 5) is 30.5. The Balaban J connectivity index is 2.01. The highest BCUT2D eigenvalue weighted by atomic mass is 32.2. The second-order valence-electron chi connectivity index (χ2n) is 6.94. The number of rotatable bonds is 4. The van der Waals surface area contributed by atoms with E-state index in [4.69, 9.17) is 9.72 Å². The quantitative estimate of drug-likeness (QED) is 0.697. The lowest BCUT2D eigenvalue weighted by Crippen LogP contribution is -2.34. The SMILES string of the molecule is COc1ccc2c(c1)c1nc3n(c(=O)c1n2CC(=O)NC(C)C)CCCS3. The van der Waals surface area contributed by atoms with Crippen molar-refractivity contribution in [1.82, 2.24) is 19.4 Å². The molecule has 1 amide bonds. The average Bonchev–Trinajstić information content (AvgIpc) is 2.94. The van der Waals surface area contributed by atoms with Crippen molar-refractivity contribution in [2.24, 2.45) is 0 Å². The first-order valence-electron chi connectivity index (χ1n) is 9.02. The van der Waals surface area contributed by atoms with Gasteiger partial charge in [-0.1, -0.05) is 11.8 Å². The number of ether oxygens (including phenoxy) is 1. The van der Waals surface area contributed by atoms with E-state index in [-0.39, 0.29) is 24.1 Å². The third-order valence-electron chi connectivity index (χ3n) is 4.64. The number of aromatic nitrogens is 3. The second kappa shape index (κ2) is 6.92. The van der Waals surface area contributed by atoms with Gasteiger partial charge in [0, 0.05) is 23.7 Å². The molecule has 0 radical (unpaired) electrons. The number of hydrogen-bond donors (Lipinski definition) is 1. The Morgan fingerprint density at radius 2 is 2.22 bits per heavy atom. The van der Waals surface area contributed by atoms with Crippen LogP contribution in [0, 0.1) is 0 Å². The van der Waals surface area contributed by atoms with Gasteiger partial charge >= 0.3 is 0 Å². The first-order valence-corrected chi connectivity index (χ1v) is 10.0. The molecule has 1 N–H and O–H groups in total. The third kappa shape index (κ3) is 3.07. The molecule has 0 saturated heterocycles. The fourth-order valence-corrected chi connectivity index (χ4v) is 4.45. The average molecular weight is 386 g/mol. The predicted octanol–water partition coefficient (Wildman–Crippen LogP) is 2.38. The number of nitrogens with zero attached hydrogens (tertiary/aromatic N) is 3. The van der Waals surface area contributed by atoms with E-state index in [0.29, 0.717) is 23.3 Å². The summed E-state index contributed by atoms with van der Waals surface area (Å²) in [6.45, 7) is 4.57. The van der Waals surface area contributed by atoms with Gasteiger partial charge in [-0.2, -0.15) is 0 Å². The van der Waals surface area contributed by atoms with Gasteiger partial charge in [-0.05, 0) is 38.5 Å². The zero-order valence-corrected chi connectivity index (χ0v) is 16.4. The van der Waals surface area contributed by atoms with Crippen LogP contribution in [0.4, 0.5) is 0 Å². The number of fused-ring (bicyclic) bond motifs is 4. The van der Waals surface area contributed by atoms with Crippen LogP contribution < -0.4 is 15.6 Å². The first kappa shape index (κ1) is 17.9.